The second kappa shape index (κ2) is 60.4. The van der Waals surface area contributed by atoms with Gasteiger partial charge < -0.3 is 20.3 Å². The number of esters is 1. The summed E-state index contributed by atoms with van der Waals surface area (Å²) in [7, 11) is 0. The number of unbranched alkanes of at least 4 members (excludes halogenated alkanes) is 39. The maximum atomic E-state index is 12.4. The average molecular weight is 997 g/mol. The number of allylic oxidation sites excluding steroid dienone is 8. The molecule has 0 aliphatic carbocycles. The summed E-state index contributed by atoms with van der Waals surface area (Å²) in [6, 6.07) is -0.539. The van der Waals surface area contributed by atoms with Crippen LogP contribution in [0.1, 0.15) is 328 Å². The summed E-state index contributed by atoms with van der Waals surface area (Å²) in [6.45, 7) is 4.87. The second-order valence-electron chi connectivity index (χ2n) is 21.4. The van der Waals surface area contributed by atoms with Crippen LogP contribution in [0.15, 0.2) is 48.6 Å². The van der Waals surface area contributed by atoms with Crippen molar-refractivity contribution in [1.82, 2.24) is 5.32 Å². The molecule has 6 heteroatoms. The first-order valence-corrected chi connectivity index (χ1v) is 31.4. The van der Waals surface area contributed by atoms with Crippen molar-refractivity contribution in [3.63, 3.8) is 0 Å². The quantitative estimate of drug-likeness (QED) is 0.0321. The Morgan fingerprint density at radius 1 is 0.394 bits per heavy atom. The van der Waals surface area contributed by atoms with Crippen molar-refractivity contribution in [3.8, 4) is 0 Å². The van der Waals surface area contributed by atoms with E-state index in [1.165, 1.54) is 238 Å². The van der Waals surface area contributed by atoms with Crippen LogP contribution in [0.4, 0.5) is 0 Å². The first-order chi connectivity index (χ1) is 35.0. The lowest BCUT2D eigenvalue weighted by molar-refractivity contribution is -0.143. The normalized spacial score (nSPS) is 12.9. The Hall–Kier alpha value is -2.18. The first kappa shape index (κ1) is 68.8. The fraction of sp³-hybridized carbons (Fsp3) is 0.846. The fourth-order valence-electron chi connectivity index (χ4n) is 9.53. The lowest BCUT2D eigenvalue weighted by Gasteiger charge is -2.22. The molecule has 0 rings (SSSR count). The van der Waals surface area contributed by atoms with Gasteiger partial charge in [-0.05, 0) is 83.5 Å². The van der Waals surface area contributed by atoms with Gasteiger partial charge in [-0.15, -0.1) is 0 Å². The summed E-state index contributed by atoms with van der Waals surface area (Å²) in [5, 5.41) is 23.2. The monoisotopic (exact) mass is 996 g/mol. The lowest BCUT2D eigenvalue weighted by Crippen LogP contribution is -2.45. The predicted molar refractivity (Wildman–Crippen MR) is 310 cm³/mol. The van der Waals surface area contributed by atoms with Crippen LogP contribution < -0.4 is 5.32 Å². The minimum atomic E-state index is -0.662. The standard InChI is InChI=1S/C65H121NO5/c1-3-5-7-9-11-13-15-35-39-43-47-51-55-59-65(70)71-60-56-52-48-44-40-37-34-32-30-28-26-24-22-20-18-16-17-19-21-23-25-27-29-31-33-36-38-42-46-50-54-58-64(69)66-62(61-67)63(68)57-53-49-45-41-14-12-10-8-6-4-2/h7,9,13,15,18,20,24,26,62-63,67-68H,3-6,8,10-12,14,16-17,19,21-23,25,27-61H2,1-2H3,(H,66,69)/b9-7-,15-13-,20-18-,26-24-. The summed E-state index contributed by atoms with van der Waals surface area (Å²) in [5.41, 5.74) is 0. The second-order valence-corrected chi connectivity index (χ2v) is 21.4. The van der Waals surface area contributed by atoms with Crippen LogP contribution in [-0.4, -0.2) is 47.4 Å². The van der Waals surface area contributed by atoms with E-state index in [0.29, 0.717) is 25.9 Å². The van der Waals surface area contributed by atoms with Crippen LogP contribution in [0.3, 0.4) is 0 Å². The number of aliphatic hydroxyl groups is 2. The summed E-state index contributed by atoms with van der Waals surface area (Å²) in [4.78, 5) is 24.4. The van der Waals surface area contributed by atoms with Crippen LogP contribution in [0.25, 0.3) is 0 Å². The Morgan fingerprint density at radius 3 is 1.13 bits per heavy atom. The zero-order valence-electron chi connectivity index (χ0n) is 47.5. The Labute approximate surface area is 442 Å². The molecule has 71 heavy (non-hydrogen) atoms. The molecule has 0 radical (unpaired) electrons. The molecule has 0 aromatic rings. The van der Waals surface area contributed by atoms with Gasteiger partial charge in [-0.2, -0.15) is 0 Å². The number of aliphatic hydroxyl groups excluding tert-OH is 2. The third kappa shape index (κ3) is 57.0. The zero-order valence-corrected chi connectivity index (χ0v) is 47.5. The van der Waals surface area contributed by atoms with Crippen molar-refractivity contribution < 1.29 is 24.5 Å². The topological polar surface area (TPSA) is 95.9 Å². The molecule has 0 bridgehead atoms. The summed E-state index contributed by atoms with van der Waals surface area (Å²) < 4.78 is 5.46. The van der Waals surface area contributed by atoms with E-state index >= 15 is 0 Å². The molecule has 0 aromatic carbocycles. The highest BCUT2D eigenvalue weighted by molar-refractivity contribution is 5.76. The summed E-state index contributed by atoms with van der Waals surface area (Å²) in [5.74, 6) is -0.0384. The van der Waals surface area contributed by atoms with Crippen molar-refractivity contribution in [3.05, 3.63) is 48.6 Å². The Bertz CT molecular complexity index is 1190. The van der Waals surface area contributed by atoms with Crippen LogP contribution >= 0.6 is 0 Å². The van der Waals surface area contributed by atoms with Crippen LogP contribution in [0.5, 0.6) is 0 Å². The number of hydrogen-bond donors (Lipinski definition) is 3. The van der Waals surface area contributed by atoms with Gasteiger partial charge in [0.05, 0.1) is 25.4 Å². The van der Waals surface area contributed by atoms with E-state index < -0.39 is 12.1 Å². The molecule has 3 N–H and O–H groups in total. The number of nitrogens with one attached hydrogen (secondary N) is 1. The van der Waals surface area contributed by atoms with Gasteiger partial charge in [0.15, 0.2) is 0 Å². The zero-order chi connectivity index (χ0) is 51.4. The fourth-order valence-corrected chi connectivity index (χ4v) is 9.53. The third-order valence-corrected chi connectivity index (χ3v) is 14.3. The summed E-state index contributed by atoms with van der Waals surface area (Å²) >= 11 is 0. The SMILES string of the molecule is CCC/C=C\C/C=C\CCCCCCCC(=O)OCCCCCCCCCCC/C=C\C/C=C\CCCCCCCCCCCCCCCCCC(=O)NC(CO)C(O)CCCCCCCCCCCC. The molecular weight excluding hydrogens is 875 g/mol. The van der Waals surface area contributed by atoms with E-state index in [9.17, 15) is 19.8 Å². The number of ether oxygens (including phenoxy) is 1. The molecule has 0 aliphatic heterocycles. The highest BCUT2D eigenvalue weighted by Gasteiger charge is 2.20. The minimum Gasteiger partial charge on any atom is -0.466 e. The van der Waals surface area contributed by atoms with Gasteiger partial charge in [-0.25, -0.2) is 0 Å². The van der Waals surface area contributed by atoms with Crippen LogP contribution in [0, 0.1) is 0 Å². The van der Waals surface area contributed by atoms with Crippen molar-refractivity contribution in [1.29, 1.82) is 0 Å². The third-order valence-electron chi connectivity index (χ3n) is 14.3. The van der Waals surface area contributed by atoms with E-state index in [4.69, 9.17) is 4.74 Å². The Morgan fingerprint density at radius 2 is 0.732 bits per heavy atom. The first-order valence-electron chi connectivity index (χ1n) is 31.4. The number of hydrogen-bond acceptors (Lipinski definition) is 5. The van der Waals surface area contributed by atoms with Gasteiger partial charge in [0, 0.05) is 12.8 Å². The maximum Gasteiger partial charge on any atom is 0.305 e. The smallest absolute Gasteiger partial charge is 0.305 e. The van der Waals surface area contributed by atoms with Crippen LogP contribution in [0.2, 0.25) is 0 Å². The number of carbonyl (C=O) groups is 2. The van der Waals surface area contributed by atoms with Gasteiger partial charge in [0.25, 0.3) is 0 Å². The van der Waals surface area contributed by atoms with Crippen molar-refractivity contribution in [2.24, 2.45) is 0 Å². The van der Waals surface area contributed by atoms with E-state index in [-0.39, 0.29) is 18.5 Å². The molecule has 0 aliphatic rings. The maximum absolute atomic E-state index is 12.4. The van der Waals surface area contributed by atoms with Crippen molar-refractivity contribution in [2.75, 3.05) is 13.2 Å². The lowest BCUT2D eigenvalue weighted by atomic mass is 10.0. The van der Waals surface area contributed by atoms with Crippen molar-refractivity contribution in [2.45, 2.75) is 341 Å². The van der Waals surface area contributed by atoms with E-state index in [1.807, 2.05) is 0 Å². The number of amides is 1. The predicted octanol–water partition coefficient (Wildman–Crippen LogP) is 19.7. The highest BCUT2D eigenvalue weighted by Crippen LogP contribution is 2.17. The van der Waals surface area contributed by atoms with Gasteiger partial charge in [-0.3, -0.25) is 9.59 Å². The summed E-state index contributed by atoms with van der Waals surface area (Å²) in [6.07, 6.45) is 77.1. The van der Waals surface area contributed by atoms with E-state index in [2.05, 4.69) is 67.8 Å². The van der Waals surface area contributed by atoms with Gasteiger partial charge in [0.1, 0.15) is 0 Å². The van der Waals surface area contributed by atoms with E-state index in [1.54, 1.807) is 0 Å². The molecule has 0 heterocycles. The molecule has 416 valence electrons. The molecule has 2 unspecified atom stereocenters. The average Bonchev–Trinajstić information content (AvgIpc) is 3.37. The molecule has 0 saturated carbocycles. The van der Waals surface area contributed by atoms with Gasteiger partial charge >= 0.3 is 5.97 Å². The van der Waals surface area contributed by atoms with Crippen LogP contribution in [-0.2, 0) is 14.3 Å². The molecule has 0 aromatic heterocycles. The van der Waals surface area contributed by atoms with Crippen molar-refractivity contribution >= 4 is 11.9 Å². The van der Waals surface area contributed by atoms with E-state index in [0.717, 1.165) is 57.8 Å². The molecular formula is C65H121NO5. The van der Waals surface area contributed by atoms with Gasteiger partial charge in [-0.1, -0.05) is 281 Å². The highest BCUT2D eigenvalue weighted by atomic mass is 16.5. The molecule has 0 fully saturated rings. The number of rotatable bonds is 58. The molecule has 6 nitrogen and oxygen atoms in total. The number of carbonyl (C=O) groups excluding carboxylic acids is 2. The molecule has 0 spiro atoms. The molecule has 0 saturated heterocycles. The molecule has 2 atom stereocenters. The Kier molecular flexibility index (Phi) is 58.5. The Balaban J connectivity index is 3.38. The minimum absolute atomic E-state index is 0.00266. The molecule has 1 amide bonds. The van der Waals surface area contributed by atoms with Gasteiger partial charge in [0.2, 0.25) is 5.91 Å². The largest absolute Gasteiger partial charge is 0.466 e.